The minimum absolute atomic E-state index is 0.203. The Labute approximate surface area is 158 Å². The molecule has 27 heavy (non-hydrogen) atoms. The van der Waals surface area contributed by atoms with Crippen LogP contribution in [0.2, 0.25) is 0 Å². The second-order valence-electron chi connectivity index (χ2n) is 6.49. The molecule has 7 heteroatoms. The molecular weight excluding hydrogens is 344 g/mol. The quantitative estimate of drug-likeness (QED) is 0.759. The molecule has 1 aliphatic rings. The number of esters is 1. The van der Waals surface area contributed by atoms with Gasteiger partial charge in [-0.05, 0) is 31.9 Å². The number of ether oxygens (including phenoxy) is 1. The van der Waals surface area contributed by atoms with Crippen molar-refractivity contribution in [2.24, 2.45) is 0 Å². The van der Waals surface area contributed by atoms with Crippen LogP contribution >= 0.6 is 0 Å². The van der Waals surface area contributed by atoms with E-state index in [1.54, 1.807) is 31.2 Å². The van der Waals surface area contributed by atoms with Crippen LogP contribution in [0.3, 0.4) is 0 Å². The predicted octanol–water partition coefficient (Wildman–Crippen LogP) is 3.46. The summed E-state index contributed by atoms with van der Waals surface area (Å²) in [6.07, 6.45) is 6.88. The predicted molar refractivity (Wildman–Crippen MR) is 102 cm³/mol. The molecule has 1 aliphatic carbocycles. The van der Waals surface area contributed by atoms with Crippen molar-refractivity contribution < 1.29 is 14.3 Å². The zero-order valence-corrected chi connectivity index (χ0v) is 15.4. The fraction of sp³-hybridized carbons (Fsp3) is 0.400. The molecule has 1 aromatic heterocycles. The summed E-state index contributed by atoms with van der Waals surface area (Å²) in [7, 11) is 0. The van der Waals surface area contributed by atoms with E-state index in [2.05, 4.69) is 20.6 Å². The zero-order chi connectivity index (χ0) is 19.1. The molecule has 0 radical (unpaired) electrons. The van der Waals surface area contributed by atoms with E-state index in [1.807, 2.05) is 6.07 Å². The minimum atomic E-state index is -0.412. The van der Waals surface area contributed by atoms with E-state index >= 15 is 0 Å². The third kappa shape index (κ3) is 5.03. The summed E-state index contributed by atoms with van der Waals surface area (Å²) in [5.41, 5.74) is 1.27. The number of para-hydroxylation sites is 1. The molecular formula is C20H24N4O3. The van der Waals surface area contributed by atoms with E-state index in [1.165, 1.54) is 12.7 Å². The van der Waals surface area contributed by atoms with Crippen molar-refractivity contribution in [2.75, 3.05) is 11.9 Å². The Morgan fingerprint density at radius 3 is 2.70 bits per heavy atom. The Kier molecular flexibility index (Phi) is 6.35. The number of nitrogens with zero attached hydrogens (tertiary/aromatic N) is 2. The van der Waals surface area contributed by atoms with Gasteiger partial charge in [0.25, 0.3) is 5.91 Å². The lowest BCUT2D eigenvalue weighted by Crippen LogP contribution is -2.36. The highest BCUT2D eigenvalue weighted by molar-refractivity contribution is 5.97. The van der Waals surface area contributed by atoms with Crippen molar-refractivity contribution in [3.05, 3.63) is 47.9 Å². The molecule has 7 nitrogen and oxygen atoms in total. The summed E-state index contributed by atoms with van der Waals surface area (Å²) in [6, 6.07) is 8.81. The standard InChI is InChI=1S/C20H24N4O3/c1-2-27-20(26)15-10-6-7-11-16(15)24-18-12-17(21-13-22-18)19(25)23-14-8-4-3-5-9-14/h6-7,10-14H,2-5,8-9H2,1H3,(H,23,25)(H,21,22,24). The first-order valence-electron chi connectivity index (χ1n) is 9.33. The van der Waals surface area contributed by atoms with Gasteiger partial charge in [0, 0.05) is 12.1 Å². The van der Waals surface area contributed by atoms with Crippen molar-refractivity contribution in [1.82, 2.24) is 15.3 Å². The lowest BCUT2D eigenvalue weighted by molar-refractivity contribution is 0.0527. The summed E-state index contributed by atoms with van der Waals surface area (Å²) >= 11 is 0. The molecule has 142 valence electrons. The van der Waals surface area contributed by atoms with Gasteiger partial charge in [0.05, 0.1) is 17.9 Å². The number of anilines is 2. The van der Waals surface area contributed by atoms with Crippen molar-refractivity contribution in [3.8, 4) is 0 Å². The van der Waals surface area contributed by atoms with E-state index in [0.717, 1.165) is 25.7 Å². The number of benzene rings is 1. The highest BCUT2D eigenvalue weighted by atomic mass is 16.5. The van der Waals surface area contributed by atoms with Gasteiger partial charge < -0.3 is 15.4 Å². The topological polar surface area (TPSA) is 93.2 Å². The number of rotatable bonds is 6. The Hall–Kier alpha value is -2.96. The average molecular weight is 368 g/mol. The fourth-order valence-corrected chi connectivity index (χ4v) is 3.17. The Bertz CT molecular complexity index is 803. The number of hydrogen-bond donors (Lipinski definition) is 2. The zero-order valence-electron chi connectivity index (χ0n) is 15.4. The molecule has 3 rings (SSSR count). The van der Waals surface area contributed by atoms with E-state index in [4.69, 9.17) is 4.74 Å². The minimum Gasteiger partial charge on any atom is -0.462 e. The molecule has 2 aromatic rings. The van der Waals surface area contributed by atoms with Crippen molar-refractivity contribution in [2.45, 2.75) is 45.1 Å². The first-order chi connectivity index (χ1) is 13.2. The molecule has 1 amide bonds. The lowest BCUT2D eigenvalue weighted by Gasteiger charge is -2.22. The van der Waals surface area contributed by atoms with Crippen LogP contribution in [0.25, 0.3) is 0 Å². The van der Waals surface area contributed by atoms with Crippen LogP contribution in [0.4, 0.5) is 11.5 Å². The monoisotopic (exact) mass is 368 g/mol. The Balaban J connectivity index is 1.72. The maximum absolute atomic E-state index is 12.5. The van der Waals surface area contributed by atoms with Crippen LogP contribution in [0, 0.1) is 0 Å². The van der Waals surface area contributed by atoms with Gasteiger partial charge in [0.15, 0.2) is 0 Å². The van der Waals surface area contributed by atoms with Gasteiger partial charge in [-0.15, -0.1) is 0 Å². The van der Waals surface area contributed by atoms with Gasteiger partial charge in [-0.2, -0.15) is 0 Å². The first-order valence-corrected chi connectivity index (χ1v) is 9.33. The lowest BCUT2D eigenvalue weighted by atomic mass is 9.95. The molecule has 1 heterocycles. The highest BCUT2D eigenvalue weighted by Crippen LogP contribution is 2.21. The molecule has 0 saturated heterocycles. The van der Waals surface area contributed by atoms with Gasteiger partial charge in [-0.3, -0.25) is 4.79 Å². The highest BCUT2D eigenvalue weighted by Gasteiger charge is 2.18. The van der Waals surface area contributed by atoms with Crippen molar-refractivity contribution >= 4 is 23.4 Å². The molecule has 1 saturated carbocycles. The molecule has 2 N–H and O–H groups in total. The number of hydrogen-bond acceptors (Lipinski definition) is 6. The molecule has 0 bridgehead atoms. The van der Waals surface area contributed by atoms with Crippen LogP contribution in [0.5, 0.6) is 0 Å². The third-order valence-corrected chi connectivity index (χ3v) is 4.53. The maximum atomic E-state index is 12.5. The van der Waals surface area contributed by atoms with E-state index in [0.29, 0.717) is 29.4 Å². The summed E-state index contributed by atoms with van der Waals surface area (Å²) in [5, 5.41) is 6.12. The molecule has 0 unspecified atom stereocenters. The van der Waals surface area contributed by atoms with Gasteiger partial charge in [0.1, 0.15) is 17.8 Å². The third-order valence-electron chi connectivity index (χ3n) is 4.53. The Morgan fingerprint density at radius 1 is 1.15 bits per heavy atom. The number of carbonyl (C=O) groups excluding carboxylic acids is 2. The number of nitrogens with one attached hydrogen (secondary N) is 2. The number of carbonyl (C=O) groups is 2. The number of aromatic nitrogens is 2. The summed E-state index contributed by atoms with van der Waals surface area (Å²) < 4.78 is 5.08. The molecule has 0 atom stereocenters. The SMILES string of the molecule is CCOC(=O)c1ccccc1Nc1cc(C(=O)NC2CCCCC2)ncn1. The maximum Gasteiger partial charge on any atom is 0.340 e. The van der Waals surface area contributed by atoms with E-state index < -0.39 is 5.97 Å². The van der Waals surface area contributed by atoms with E-state index in [9.17, 15) is 9.59 Å². The summed E-state index contributed by atoms with van der Waals surface area (Å²) in [6.45, 7) is 2.06. The smallest absolute Gasteiger partial charge is 0.340 e. The van der Waals surface area contributed by atoms with E-state index in [-0.39, 0.29) is 11.9 Å². The fourth-order valence-electron chi connectivity index (χ4n) is 3.17. The van der Waals surface area contributed by atoms with Crippen LogP contribution in [-0.4, -0.2) is 34.5 Å². The van der Waals surface area contributed by atoms with Crippen LogP contribution < -0.4 is 10.6 Å². The van der Waals surface area contributed by atoms with Crippen molar-refractivity contribution in [3.63, 3.8) is 0 Å². The second kappa shape index (κ2) is 9.12. The average Bonchev–Trinajstić information content (AvgIpc) is 2.69. The van der Waals surface area contributed by atoms with Crippen molar-refractivity contribution in [1.29, 1.82) is 0 Å². The van der Waals surface area contributed by atoms with Crippen LogP contribution in [-0.2, 0) is 4.74 Å². The van der Waals surface area contributed by atoms with Gasteiger partial charge >= 0.3 is 5.97 Å². The van der Waals surface area contributed by atoms with Crippen LogP contribution in [0.1, 0.15) is 59.9 Å². The van der Waals surface area contributed by atoms with Gasteiger partial charge in [0.2, 0.25) is 0 Å². The summed E-state index contributed by atoms with van der Waals surface area (Å²) in [4.78, 5) is 32.8. The number of amides is 1. The second-order valence-corrected chi connectivity index (χ2v) is 6.49. The van der Waals surface area contributed by atoms with Gasteiger partial charge in [-0.1, -0.05) is 31.4 Å². The molecule has 1 aromatic carbocycles. The first kappa shape index (κ1) is 18.8. The largest absolute Gasteiger partial charge is 0.462 e. The molecule has 1 fully saturated rings. The van der Waals surface area contributed by atoms with Gasteiger partial charge in [-0.25, -0.2) is 14.8 Å². The molecule has 0 aliphatic heterocycles. The van der Waals surface area contributed by atoms with Crippen LogP contribution in [0.15, 0.2) is 36.7 Å². The normalized spacial score (nSPS) is 14.4. The Morgan fingerprint density at radius 2 is 1.93 bits per heavy atom. The summed E-state index contributed by atoms with van der Waals surface area (Å²) in [5.74, 6) is -0.175. The molecule has 0 spiro atoms.